The monoisotopic (exact) mass is 400 g/mol. The highest BCUT2D eigenvalue weighted by atomic mass is 28.4. The molecule has 1 fully saturated rings. The van der Waals surface area contributed by atoms with Crippen LogP contribution in [0.5, 0.6) is 0 Å². The van der Waals surface area contributed by atoms with E-state index in [2.05, 4.69) is 40.4 Å². The normalized spacial score (nSPS) is 26.9. The lowest BCUT2D eigenvalue weighted by Gasteiger charge is -2.40. The third-order valence-corrected chi connectivity index (χ3v) is 10.0. The molecule has 4 atom stereocenters. The lowest BCUT2D eigenvalue weighted by Crippen LogP contribution is -2.49. The van der Waals surface area contributed by atoms with Gasteiger partial charge in [0.05, 0.1) is 30.3 Å². The zero-order chi connectivity index (χ0) is 21.0. The first-order chi connectivity index (χ1) is 12.2. The predicted molar refractivity (Wildman–Crippen MR) is 111 cm³/mol. The number of aliphatic hydroxyl groups is 1. The lowest BCUT2D eigenvalue weighted by molar-refractivity contribution is -0.153. The standard InChI is InChI=1S/C21H40O5Si/c1-10-12-15-17(22)18(26-27(8,9)21(5,6)7)16(25-15)13-11-14-24-19(23)20(2,3)4/h10,15-18,22H,1,11-14H2,2-9H3/t15-,16+,17-,18-/m1/s1. The van der Waals surface area contributed by atoms with E-state index in [1.165, 1.54) is 0 Å². The average molecular weight is 401 g/mol. The zero-order valence-corrected chi connectivity index (χ0v) is 19.5. The Kier molecular flexibility index (Phi) is 8.30. The minimum atomic E-state index is -2.05. The van der Waals surface area contributed by atoms with E-state index in [-0.39, 0.29) is 29.3 Å². The fraction of sp³-hybridized carbons (Fsp3) is 0.857. The predicted octanol–water partition coefficient (Wildman–Crippen LogP) is 4.45. The number of hydrogen-bond acceptors (Lipinski definition) is 5. The van der Waals surface area contributed by atoms with Crippen LogP contribution >= 0.6 is 0 Å². The summed E-state index contributed by atoms with van der Waals surface area (Å²) >= 11 is 0. The molecule has 158 valence electrons. The van der Waals surface area contributed by atoms with Crippen LogP contribution in [-0.2, 0) is 18.7 Å². The number of esters is 1. The van der Waals surface area contributed by atoms with Crippen LogP contribution in [0.2, 0.25) is 18.1 Å². The molecule has 1 rings (SSSR count). The van der Waals surface area contributed by atoms with Gasteiger partial charge in [-0.3, -0.25) is 4.79 Å². The summed E-state index contributed by atoms with van der Waals surface area (Å²) in [7, 11) is -2.05. The SMILES string of the molecule is C=CC[C@H]1O[C@@H](CCCOC(=O)C(C)(C)C)[C@@H](O[Si](C)(C)C(C)(C)C)[C@@H]1O. The van der Waals surface area contributed by atoms with Crippen molar-refractivity contribution in [3.63, 3.8) is 0 Å². The van der Waals surface area contributed by atoms with Crippen molar-refractivity contribution in [3.05, 3.63) is 12.7 Å². The smallest absolute Gasteiger partial charge is 0.311 e. The van der Waals surface area contributed by atoms with Gasteiger partial charge in [-0.05, 0) is 58.2 Å². The summed E-state index contributed by atoms with van der Waals surface area (Å²) < 4.78 is 18.0. The maximum atomic E-state index is 11.9. The van der Waals surface area contributed by atoms with Crippen molar-refractivity contribution < 1.29 is 23.8 Å². The van der Waals surface area contributed by atoms with Gasteiger partial charge in [0.15, 0.2) is 8.32 Å². The third-order valence-electron chi connectivity index (χ3n) is 5.55. The molecule has 6 heteroatoms. The minimum absolute atomic E-state index is 0.0516. The lowest BCUT2D eigenvalue weighted by atomic mass is 9.97. The van der Waals surface area contributed by atoms with Crippen LogP contribution in [0.1, 0.15) is 60.8 Å². The molecule has 0 saturated carbocycles. The van der Waals surface area contributed by atoms with Gasteiger partial charge in [-0.1, -0.05) is 26.8 Å². The van der Waals surface area contributed by atoms with Gasteiger partial charge >= 0.3 is 5.97 Å². The van der Waals surface area contributed by atoms with Crippen molar-refractivity contribution in [2.75, 3.05) is 6.61 Å². The average Bonchev–Trinajstić information content (AvgIpc) is 2.78. The second-order valence-corrected chi connectivity index (χ2v) is 14.9. The first-order valence-corrected chi connectivity index (χ1v) is 12.9. The summed E-state index contributed by atoms with van der Waals surface area (Å²) in [5.74, 6) is -0.200. The second kappa shape index (κ2) is 9.20. The maximum absolute atomic E-state index is 11.9. The largest absolute Gasteiger partial charge is 0.465 e. The van der Waals surface area contributed by atoms with Crippen LogP contribution in [0.4, 0.5) is 0 Å². The Balaban J connectivity index is 2.73. The molecule has 27 heavy (non-hydrogen) atoms. The van der Waals surface area contributed by atoms with E-state index in [0.29, 0.717) is 25.9 Å². The first-order valence-electron chi connectivity index (χ1n) is 10.00. The van der Waals surface area contributed by atoms with E-state index in [4.69, 9.17) is 13.9 Å². The Labute approximate surface area is 166 Å². The molecular formula is C21H40O5Si. The molecule has 0 aliphatic carbocycles. The number of ether oxygens (including phenoxy) is 2. The van der Waals surface area contributed by atoms with Crippen LogP contribution in [-0.4, -0.2) is 50.4 Å². The molecule has 1 saturated heterocycles. The van der Waals surface area contributed by atoms with Crippen molar-refractivity contribution in [3.8, 4) is 0 Å². The topological polar surface area (TPSA) is 65.0 Å². The van der Waals surface area contributed by atoms with E-state index in [1.807, 2.05) is 20.8 Å². The Morgan fingerprint density at radius 1 is 1.19 bits per heavy atom. The number of carbonyl (C=O) groups is 1. The van der Waals surface area contributed by atoms with Crippen molar-refractivity contribution in [2.24, 2.45) is 5.41 Å². The molecule has 1 heterocycles. The van der Waals surface area contributed by atoms with Crippen molar-refractivity contribution >= 4 is 14.3 Å². The van der Waals surface area contributed by atoms with Gasteiger partial charge in [0.1, 0.15) is 6.10 Å². The van der Waals surface area contributed by atoms with Gasteiger partial charge in [-0.15, -0.1) is 6.58 Å². The van der Waals surface area contributed by atoms with E-state index < -0.39 is 19.8 Å². The van der Waals surface area contributed by atoms with E-state index in [9.17, 15) is 9.90 Å². The zero-order valence-electron chi connectivity index (χ0n) is 18.5. The summed E-state index contributed by atoms with van der Waals surface area (Å²) in [6.07, 6.45) is 2.21. The van der Waals surface area contributed by atoms with Crippen LogP contribution in [0.3, 0.4) is 0 Å². The van der Waals surface area contributed by atoms with Gasteiger partial charge in [-0.25, -0.2) is 0 Å². The quantitative estimate of drug-likeness (QED) is 0.282. The molecule has 0 radical (unpaired) electrons. The van der Waals surface area contributed by atoms with Crippen molar-refractivity contribution in [1.82, 2.24) is 0 Å². The van der Waals surface area contributed by atoms with Crippen LogP contribution in [0.25, 0.3) is 0 Å². The van der Waals surface area contributed by atoms with E-state index in [1.54, 1.807) is 6.08 Å². The molecule has 5 nitrogen and oxygen atoms in total. The Morgan fingerprint density at radius 3 is 2.26 bits per heavy atom. The third kappa shape index (κ3) is 6.70. The molecule has 0 spiro atoms. The van der Waals surface area contributed by atoms with Gasteiger partial charge in [0.2, 0.25) is 0 Å². The molecule has 0 aromatic carbocycles. The molecule has 1 N–H and O–H groups in total. The maximum Gasteiger partial charge on any atom is 0.311 e. The summed E-state index contributed by atoms with van der Waals surface area (Å²) in [6, 6.07) is 0. The van der Waals surface area contributed by atoms with Crippen LogP contribution in [0, 0.1) is 5.41 Å². The second-order valence-electron chi connectivity index (χ2n) is 10.1. The van der Waals surface area contributed by atoms with Gasteiger partial charge < -0.3 is 19.0 Å². The molecule has 0 aromatic rings. The highest BCUT2D eigenvalue weighted by molar-refractivity contribution is 6.74. The molecule has 0 amide bonds. The van der Waals surface area contributed by atoms with Gasteiger partial charge in [0.25, 0.3) is 0 Å². The van der Waals surface area contributed by atoms with Crippen molar-refractivity contribution in [1.29, 1.82) is 0 Å². The van der Waals surface area contributed by atoms with Gasteiger partial charge in [-0.2, -0.15) is 0 Å². The van der Waals surface area contributed by atoms with Crippen LogP contribution < -0.4 is 0 Å². The molecule has 1 aliphatic heterocycles. The van der Waals surface area contributed by atoms with E-state index >= 15 is 0 Å². The fourth-order valence-corrected chi connectivity index (χ4v) is 4.06. The Bertz CT molecular complexity index is 504. The Hall–Kier alpha value is -0.693. The highest BCUT2D eigenvalue weighted by Gasteiger charge is 2.48. The summed E-state index contributed by atoms with van der Waals surface area (Å²) in [6.45, 7) is 20.6. The number of aliphatic hydroxyl groups excluding tert-OH is 1. The van der Waals surface area contributed by atoms with Crippen LogP contribution in [0.15, 0.2) is 12.7 Å². The van der Waals surface area contributed by atoms with E-state index in [0.717, 1.165) is 0 Å². The summed E-state index contributed by atoms with van der Waals surface area (Å²) in [4.78, 5) is 11.9. The molecule has 0 bridgehead atoms. The highest BCUT2D eigenvalue weighted by Crippen LogP contribution is 2.40. The number of hydrogen-bond donors (Lipinski definition) is 1. The fourth-order valence-electron chi connectivity index (χ4n) is 2.73. The Morgan fingerprint density at radius 2 is 1.78 bits per heavy atom. The molecule has 1 aliphatic rings. The van der Waals surface area contributed by atoms with Gasteiger partial charge in [0, 0.05) is 0 Å². The van der Waals surface area contributed by atoms with Crippen molar-refractivity contribution in [2.45, 2.75) is 103 Å². The molecular weight excluding hydrogens is 360 g/mol. The number of rotatable bonds is 8. The summed E-state index contributed by atoms with van der Waals surface area (Å²) in [5, 5.41) is 10.8. The summed E-state index contributed by atoms with van der Waals surface area (Å²) in [5.41, 5.74) is -0.497. The first kappa shape index (κ1) is 24.3. The molecule has 0 aromatic heterocycles. The minimum Gasteiger partial charge on any atom is -0.465 e. The molecule has 0 unspecified atom stereocenters. The number of carbonyl (C=O) groups excluding carboxylic acids is 1.